The van der Waals surface area contributed by atoms with E-state index in [1.807, 2.05) is 0 Å². The predicted octanol–water partition coefficient (Wildman–Crippen LogP) is 2.41. The van der Waals surface area contributed by atoms with Crippen LogP contribution in [0.1, 0.15) is 45.4 Å². The Morgan fingerprint density at radius 1 is 1.44 bits per heavy atom. The van der Waals surface area contributed by atoms with E-state index in [9.17, 15) is 14.9 Å². The average molecular weight is 255 g/mol. The zero-order valence-electron chi connectivity index (χ0n) is 10.9. The average Bonchev–Trinajstić information content (AvgIpc) is 2.27. The second-order valence-corrected chi connectivity index (χ2v) is 5.69. The molecule has 5 heteroatoms. The molecule has 18 heavy (non-hydrogen) atoms. The van der Waals surface area contributed by atoms with Crippen LogP contribution in [0.4, 0.5) is 0 Å². The second kappa shape index (κ2) is 5.24. The van der Waals surface area contributed by atoms with Gasteiger partial charge in [0.15, 0.2) is 0 Å². The van der Waals surface area contributed by atoms with Gasteiger partial charge in [-0.05, 0) is 31.6 Å². The maximum Gasteiger partial charge on any atom is 0.306 e. The summed E-state index contributed by atoms with van der Waals surface area (Å²) in [7, 11) is 0. The first-order valence-electron chi connectivity index (χ1n) is 6.85. The van der Waals surface area contributed by atoms with Crippen LogP contribution in [-0.4, -0.2) is 24.0 Å². The quantitative estimate of drug-likeness (QED) is 0.430. The van der Waals surface area contributed by atoms with Crippen molar-refractivity contribution in [1.29, 1.82) is 0 Å². The lowest BCUT2D eigenvalue weighted by Crippen LogP contribution is -2.54. The number of carbonyl (C=O) groups excluding carboxylic acids is 1. The van der Waals surface area contributed by atoms with E-state index in [1.54, 1.807) is 6.92 Å². The van der Waals surface area contributed by atoms with Crippen LogP contribution in [0.3, 0.4) is 0 Å². The van der Waals surface area contributed by atoms with Gasteiger partial charge in [0, 0.05) is 10.3 Å². The number of carbonyl (C=O) groups is 1. The van der Waals surface area contributed by atoms with E-state index in [4.69, 9.17) is 4.74 Å². The molecule has 0 heterocycles. The summed E-state index contributed by atoms with van der Waals surface area (Å²) in [5, 5.41) is 10.9. The zero-order chi connectivity index (χ0) is 13.2. The minimum Gasteiger partial charge on any atom is -0.466 e. The number of rotatable bonds is 5. The molecule has 0 saturated heterocycles. The molecule has 2 aliphatic rings. The van der Waals surface area contributed by atoms with Crippen LogP contribution >= 0.6 is 0 Å². The molecule has 3 atom stereocenters. The molecule has 0 aromatic rings. The summed E-state index contributed by atoms with van der Waals surface area (Å²) in [4.78, 5) is 22.3. The fraction of sp³-hybridized carbons (Fsp3) is 0.923. The van der Waals surface area contributed by atoms with Crippen molar-refractivity contribution in [2.45, 2.75) is 45.4 Å². The smallest absolute Gasteiger partial charge is 0.306 e. The number of fused-ring (bicyclic) bond motifs is 1. The Labute approximate surface area is 107 Å². The van der Waals surface area contributed by atoms with E-state index >= 15 is 0 Å². The van der Waals surface area contributed by atoms with Gasteiger partial charge in [-0.15, -0.1) is 0 Å². The van der Waals surface area contributed by atoms with E-state index in [2.05, 4.69) is 0 Å². The Morgan fingerprint density at radius 3 is 2.78 bits per heavy atom. The van der Waals surface area contributed by atoms with Crippen LogP contribution in [0.2, 0.25) is 0 Å². The molecule has 0 N–H and O–H groups in total. The van der Waals surface area contributed by atoms with E-state index in [1.165, 1.54) is 12.8 Å². The summed E-state index contributed by atoms with van der Waals surface area (Å²) in [6.45, 7) is 2.04. The second-order valence-electron chi connectivity index (χ2n) is 5.69. The first-order valence-corrected chi connectivity index (χ1v) is 6.85. The molecule has 102 valence electrons. The van der Waals surface area contributed by atoms with Crippen molar-refractivity contribution in [3.05, 3.63) is 10.1 Å². The molecule has 0 amide bonds. The largest absolute Gasteiger partial charge is 0.466 e. The molecule has 0 aliphatic heterocycles. The Kier molecular flexibility index (Phi) is 3.88. The molecule has 2 saturated carbocycles. The van der Waals surface area contributed by atoms with Gasteiger partial charge in [-0.3, -0.25) is 14.9 Å². The standard InChI is InChI=1S/C13H21NO4/c1-2-18-12(15)8-13(9-14(16)17)7-10-5-3-4-6-11(10)13/h10-11H,2-9H2,1H3. The maximum absolute atomic E-state index is 11.7. The Hall–Kier alpha value is -1.13. The van der Waals surface area contributed by atoms with Crippen LogP contribution in [0.15, 0.2) is 0 Å². The topological polar surface area (TPSA) is 69.4 Å². The number of nitrogens with zero attached hydrogens (tertiary/aromatic N) is 1. The lowest BCUT2D eigenvalue weighted by molar-refractivity contribution is -0.508. The highest BCUT2D eigenvalue weighted by Gasteiger charge is 2.57. The highest BCUT2D eigenvalue weighted by Crippen LogP contribution is 2.59. The van der Waals surface area contributed by atoms with Crippen LogP contribution in [0.5, 0.6) is 0 Å². The first kappa shape index (κ1) is 13.3. The Bertz CT molecular complexity index is 344. The third-order valence-corrected chi connectivity index (χ3v) is 4.61. The van der Waals surface area contributed by atoms with Gasteiger partial charge in [0.25, 0.3) is 0 Å². The Balaban J connectivity index is 2.05. The summed E-state index contributed by atoms with van der Waals surface area (Å²) in [5.74, 6) is 0.692. The highest BCUT2D eigenvalue weighted by atomic mass is 16.6. The van der Waals surface area contributed by atoms with Gasteiger partial charge in [-0.1, -0.05) is 19.3 Å². The molecule has 2 fully saturated rings. The third-order valence-electron chi connectivity index (χ3n) is 4.61. The van der Waals surface area contributed by atoms with Crippen LogP contribution in [-0.2, 0) is 9.53 Å². The molecular formula is C13H21NO4. The molecule has 0 radical (unpaired) electrons. The molecule has 0 spiro atoms. The summed E-state index contributed by atoms with van der Waals surface area (Å²) < 4.78 is 4.97. The summed E-state index contributed by atoms with van der Waals surface area (Å²) >= 11 is 0. The molecule has 0 aromatic heterocycles. The van der Waals surface area contributed by atoms with Gasteiger partial charge in [0.2, 0.25) is 6.54 Å². The number of esters is 1. The fourth-order valence-corrected chi connectivity index (χ4v) is 3.97. The van der Waals surface area contributed by atoms with Gasteiger partial charge in [0.1, 0.15) is 0 Å². The minimum atomic E-state index is -0.416. The Morgan fingerprint density at radius 2 is 2.17 bits per heavy atom. The summed E-state index contributed by atoms with van der Waals surface area (Å²) in [6, 6.07) is 0. The molecule has 0 aromatic carbocycles. The normalized spacial score (nSPS) is 34.3. The van der Waals surface area contributed by atoms with Gasteiger partial charge < -0.3 is 4.74 Å². The highest BCUT2D eigenvalue weighted by molar-refractivity contribution is 5.70. The van der Waals surface area contributed by atoms with Crippen LogP contribution in [0, 0.1) is 27.4 Å². The number of nitro groups is 1. The van der Waals surface area contributed by atoms with E-state index in [-0.39, 0.29) is 23.9 Å². The molecule has 2 rings (SSSR count). The number of hydrogen-bond donors (Lipinski definition) is 0. The van der Waals surface area contributed by atoms with E-state index in [0.29, 0.717) is 18.4 Å². The summed E-state index contributed by atoms with van der Waals surface area (Å²) in [5.41, 5.74) is -0.416. The van der Waals surface area contributed by atoms with Crippen molar-refractivity contribution in [1.82, 2.24) is 0 Å². The van der Waals surface area contributed by atoms with Crippen LogP contribution in [0.25, 0.3) is 0 Å². The van der Waals surface area contributed by atoms with Gasteiger partial charge in [-0.2, -0.15) is 0 Å². The monoisotopic (exact) mass is 255 g/mol. The van der Waals surface area contributed by atoms with Crippen molar-refractivity contribution in [2.24, 2.45) is 17.3 Å². The first-order chi connectivity index (χ1) is 8.57. The van der Waals surface area contributed by atoms with E-state index in [0.717, 1.165) is 19.3 Å². The van der Waals surface area contributed by atoms with Gasteiger partial charge >= 0.3 is 5.97 Å². The molecule has 5 nitrogen and oxygen atoms in total. The van der Waals surface area contributed by atoms with Crippen molar-refractivity contribution in [2.75, 3.05) is 13.2 Å². The predicted molar refractivity (Wildman–Crippen MR) is 65.6 cm³/mol. The molecular weight excluding hydrogens is 234 g/mol. The maximum atomic E-state index is 11.7. The summed E-state index contributed by atoms with van der Waals surface area (Å²) in [6.07, 6.45) is 5.64. The number of hydrogen-bond acceptors (Lipinski definition) is 4. The minimum absolute atomic E-state index is 0.0764. The van der Waals surface area contributed by atoms with Gasteiger partial charge in [-0.25, -0.2) is 0 Å². The fourth-order valence-electron chi connectivity index (χ4n) is 3.97. The van der Waals surface area contributed by atoms with Crippen molar-refractivity contribution >= 4 is 5.97 Å². The van der Waals surface area contributed by atoms with Crippen molar-refractivity contribution in [3.8, 4) is 0 Å². The third kappa shape index (κ3) is 2.49. The molecule has 3 unspecified atom stereocenters. The van der Waals surface area contributed by atoms with E-state index < -0.39 is 5.41 Å². The van der Waals surface area contributed by atoms with Crippen LogP contribution < -0.4 is 0 Å². The molecule has 2 aliphatic carbocycles. The lowest BCUT2D eigenvalue weighted by atomic mass is 9.48. The van der Waals surface area contributed by atoms with Crippen molar-refractivity contribution < 1.29 is 14.5 Å². The lowest BCUT2D eigenvalue weighted by Gasteiger charge is -2.55. The molecule has 0 bridgehead atoms. The number of ether oxygens (including phenoxy) is 1. The zero-order valence-corrected chi connectivity index (χ0v) is 10.9. The van der Waals surface area contributed by atoms with Crippen molar-refractivity contribution in [3.63, 3.8) is 0 Å². The SMILES string of the molecule is CCOC(=O)CC1(C[N+](=O)[O-])CC2CCCCC21. The van der Waals surface area contributed by atoms with Gasteiger partial charge in [0.05, 0.1) is 13.0 Å².